The summed E-state index contributed by atoms with van der Waals surface area (Å²) >= 11 is 0. The van der Waals surface area contributed by atoms with E-state index in [4.69, 9.17) is 5.73 Å². The Morgan fingerprint density at radius 1 is 1.33 bits per heavy atom. The molecular weight excluding hydrogens is 262 g/mol. The van der Waals surface area contributed by atoms with E-state index in [0.717, 1.165) is 19.4 Å². The minimum Gasteiger partial charge on any atom is -0.353 e. The second-order valence-electron chi connectivity index (χ2n) is 5.66. The molecular formula is C17H29N3O. The van der Waals surface area contributed by atoms with Gasteiger partial charge in [0.25, 0.3) is 0 Å². The molecule has 0 radical (unpaired) electrons. The van der Waals surface area contributed by atoms with Crippen LogP contribution in [0, 0.1) is 0 Å². The van der Waals surface area contributed by atoms with E-state index < -0.39 is 6.04 Å². The van der Waals surface area contributed by atoms with Crippen molar-refractivity contribution in [3.05, 3.63) is 35.9 Å². The smallest absolute Gasteiger partial charge is 0.236 e. The molecule has 0 aliphatic heterocycles. The average molecular weight is 291 g/mol. The first-order chi connectivity index (χ1) is 10.0. The molecule has 1 amide bonds. The van der Waals surface area contributed by atoms with Crippen LogP contribution >= 0.6 is 0 Å². The molecule has 0 heterocycles. The van der Waals surface area contributed by atoms with Gasteiger partial charge in [0.05, 0.1) is 6.04 Å². The first-order valence-electron chi connectivity index (χ1n) is 7.82. The predicted molar refractivity (Wildman–Crippen MR) is 88.1 cm³/mol. The number of carbonyl (C=O) groups is 1. The van der Waals surface area contributed by atoms with Crippen LogP contribution in [0.5, 0.6) is 0 Å². The van der Waals surface area contributed by atoms with Crippen molar-refractivity contribution in [2.45, 2.75) is 45.2 Å². The fourth-order valence-electron chi connectivity index (χ4n) is 2.12. The lowest BCUT2D eigenvalue weighted by atomic mass is 10.1. The maximum absolute atomic E-state index is 11.9. The van der Waals surface area contributed by atoms with Crippen molar-refractivity contribution >= 4 is 5.91 Å². The van der Waals surface area contributed by atoms with E-state index in [2.05, 4.69) is 43.2 Å². The number of likely N-dealkylation sites (N-methyl/N-ethyl adjacent to an activating group) is 1. The Balaban J connectivity index is 2.22. The van der Waals surface area contributed by atoms with Crippen LogP contribution in [-0.4, -0.2) is 43.0 Å². The zero-order valence-electron chi connectivity index (χ0n) is 13.5. The third-order valence-electron chi connectivity index (χ3n) is 4.03. The molecule has 4 heteroatoms. The van der Waals surface area contributed by atoms with Gasteiger partial charge >= 0.3 is 0 Å². The molecule has 118 valence electrons. The predicted octanol–water partition coefficient (Wildman–Crippen LogP) is 1.79. The second-order valence-corrected chi connectivity index (χ2v) is 5.66. The van der Waals surface area contributed by atoms with E-state index in [1.165, 1.54) is 5.56 Å². The molecule has 0 spiro atoms. The highest BCUT2D eigenvalue weighted by molar-refractivity contribution is 5.81. The molecule has 0 saturated heterocycles. The summed E-state index contributed by atoms with van der Waals surface area (Å²) in [6, 6.07) is 10.2. The van der Waals surface area contributed by atoms with Crippen LogP contribution in [0.15, 0.2) is 30.3 Å². The Labute approximate surface area is 128 Å². The molecule has 0 aromatic heterocycles. The number of rotatable bonds is 9. The Bertz CT molecular complexity index is 408. The number of hydrogen-bond acceptors (Lipinski definition) is 3. The lowest BCUT2D eigenvalue weighted by molar-refractivity contribution is -0.122. The SMILES string of the molecule is CCC(C)N(C)CCNC(=O)[C@@H](N)CCc1ccccc1. The topological polar surface area (TPSA) is 58.4 Å². The summed E-state index contributed by atoms with van der Waals surface area (Å²) in [6.45, 7) is 5.86. The Morgan fingerprint density at radius 2 is 2.00 bits per heavy atom. The Hall–Kier alpha value is -1.39. The van der Waals surface area contributed by atoms with Crippen molar-refractivity contribution in [1.82, 2.24) is 10.2 Å². The lowest BCUT2D eigenvalue weighted by Crippen LogP contribution is -2.44. The number of hydrogen-bond donors (Lipinski definition) is 2. The molecule has 1 aromatic carbocycles. The molecule has 0 aliphatic carbocycles. The molecule has 2 atom stereocenters. The maximum atomic E-state index is 11.9. The van der Waals surface area contributed by atoms with Gasteiger partial charge in [0.1, 0.15) is 0 Å². The zero-order chi connectivity index (χ0) is 15.7. The minimum atomic E-state index is -0.431. The monoisotopic (exact) mass is 291 g/mol. The van der Waals surface area contributed by atoms with Gasteiger partial charge in [-0.1, -0.05) is 37.3 Å². The van der Waals surface area contributed by atoms with Gasteiger partial charge in [-0.2, -0.15) is 0 Å². The van der Waals surface area contributed by atoms with Crippen molar-refractivity contribution < 1.29 is 4.79 Å². The number of amides is 1. The fraction of sp³-hybridized carbons (Fsp3) is 0.588. The van der Waals surface area contributed by atoms with Crippen LogP contribution in [0.4, 0.5) is 0 Å². The second kappa shape index (κ2) is 9.53. The van der Waals surface area contributed by atoms with Gasteiger partial charge in [-0.15, -0.1) is 0 Å². The van der Waals surface area contributed by atoms with E-state index >= 15 is 0 Å². The summed E-state index contributed by atoms with van der Waals surface area (Å²) in [5, 5.41) is 2.92. The minimum absolute atomic E-state index is 0.0523. The highest BCUT2D eigenvalue weighted by Gasteiger charge is 2.13. The molecule has 1 rings (SSSR count). The van der Waals surface area contributed by atoms with E-state index in [1.807, 2.05) is 18.2 Å². The van der Waals surface area contributed by atoms with Gasteiger partial charge < -0.3 is 16.0 Å². The normalized spacial score (nSPS) is 14.0. The van der Waals surface area contributed by atoms with E-state index in [9.17, 15) is 4.79 Å². The van der Waals surface area contributed by atoms with Gasteiger partial charge in [0, 0.05) is 19.1 Å². The highest BCUT2D eigenvalue weighted by atomic mass is 16.2. The number of benzene rings is 1. The summed E-state index contributed by atoms with van der Waals surface area (Å²) < 4.78 is 0. The van der Waals surface area contributed by atoms with Gasteiger partial charge in [0.2, 0.25) is 5.91 Å². The van der Waals surface area contributed by atoms with E-state index in [0.29, 0.717) is 19.0 Å². The summed E-state index contributed by atoms with van der Waals surface area (Å²) in [5.41, 5.74) is 7.16. The third kappa shape index (κ3) is 6.74. The van der Waals surface area contributed by atoms with E-state index in [-0.39, 0.29) is 5.91 Å². The van der Waals surface area contributed by atoms with Crippen LogP contribution in [-0.2, 0) is 11.2 Å². The average Bonchev–Trinajstić information content (AvgIpc) is 2.52. The molecule has 0 aliphatic rings. The summed E-state index contributed by atoms with van der Waals surface area (Å²) in [6.07, 6.45) is 2.63. The van der Waals surface area contributed by atoms with Crippen LogP contribution in [0.2, 0.25) is 0 Å². The number of nitrogens with one attached hydrogen (secondary N) is 1. The fourth-order valence-corrected chi connectivity index (χ4v) is 2.12. The largest absolute Gasteiger partial charge is 0.353 e. The maximum Gasteiger partial charge on any atom is 0.236 e. The molecule has 1 unspecified atom stereocenters. The number of aryl methyl sites for hydroxylation is 1. The van der Waals surface area contributed by atoms with Crippen molar-refractivity contribution in [2.24, 2.45) is 5.73 Å². The van der Waals surface area contributed by atoms with Gasteiger partial charge in [0.15, 0.2) is 0 Å². The summed E-state index contributed by atoms with van der Waals surface area (Å²) in [4.78, 5) is 14.2. The van der Waals surface area contributed by atoms with Crippen molar-refractivity contribution in [3.8, 4) is 0 Å². The zero-order valence-corrected chi connectivity index (χ0v) is 13.5. The van der Waals surface area contributed by atoms with Gasteiger partial charge in [-0.25, -0.2) is 0 Å². The van der Waals surface area contributed by atoms with Gasteiger partial charge in [-0.3, -0.25) is 4.79 Å². The van der Waals surface area contributed by atoms with Crippen molar-refractivity contribution in [1.29, 1.82) is 0 Å². The highest BCUT2D eigenvalue weighted by Crippen LogP contribution is 2.04. The van der Waals surface area contributed by atoms with Gasteiger partial charge in [-0.05, 0) is 38.8 Å². The quantitative estimate of drug-likeness (QED) is 0.729. The summed E-state index contributed by atoms with van der Waals surface area (Å²) in [7, 11) is 2.08. The van der Waals surface area contributed by atoms with Crippen molar-refractivity contribution in [3.63, 3.8) is 0 Å². The molecule has 0 fully saturated rings. The standard InChI is InChI=1S/C17H29N3O/c1-4-14(2)20(3)13-12-19-17(21)16(18)11-10-15-8-6-5-7-9-15/h5-9,14,16H,4,10-13,18H2,1-3H3,(H,19,21)/t14?,16-/m0/s1. The summed E-state index contributed by atoms with van der Waals surface area (Å²) in [5.74, 6) is -0.0523. The molecule has 0 saturated carbocycles. The number of nitrogens with two attached hydrogens (primary N) is 1. The molecule has 1 aromatic rings. The molecule has 0 bridgehead atoms. The Kier molecular flexibility index (Phi) is 8.01. The van der Waals surface area contributed by atoms with Crippen LogP contribution in [0.1, 0.15) is 32.3 Å². The third-order valence-corrected chi connectivity index (χ3v) is 4.03. The van der Waals surface area contributed by atoms with Crippen LogP contribution in [0.25, 0.3) is 0 Å². The van der Waals surface area contributed by atoms with Crippen molar-refractivity contribution in [2.75, 3.05) is 20.1 Å². The molecule has 4 nitrogen and oxygen atoms in total. The number of nitrogens with zero attached hydrogens (tertiary/aromatic N) is 1. The lowest BCUT2D eigenvalue weighted by Gasteiger charge is -2.23. The van der Waals surface area contributed by atoms with Crippen LogP contribution < -0.4 is 11.1 Å². The van der Waals surface area contributed by atoms with Crippen LogP contribution in [0.3, 0.4) is 0 Å². The number of carbonyl (C=O) groups excluding carboxylic acids is 1. The Morgan fingerprint density at radius 3 is 2.62 bits per heavy atom. The molecule has 3 N–H and O–H groups in total. The molecule has 21 heavy (non-hydrogen) atoms. The first kappa shape index (κ1) is 17.7. The first-order valence-corrected chi connectivity index (χ1v) is 7.82. The van der Waals surface area contributed by atoms with E-state index in [1.54, 1.807) is 0 Å².